The largest absolute Gasteiger partial charge is 0.309 e. The van der Waals surface area contributed by atoms with Crippen molar-refractivity contribution in [3.8, 4) is 77.9 Å². The number of fused-ring (bicyclic) bond motifs is 3. The summed E-state index contributed by atoms with van der Waals surface area (Å²) in [5, 5.41) is 4.94. The molecule has 69 heavy (non-hydrogen) atoms. The molecule has 0 unspecified atom stereocenters. The Labute approximate surface area is 404 Å². The summed E-state index contributed by atoms with van der Waals surface area (Å²) in [5.74, 6) is 0. The van der Waals surface area contributed by atoms with Crippen LogP contribution >= 0.6 is 0 Å². The molecule has 1 heteroatoms. The van der Waals surface area contributed by atoms with Crippen molar-refractivity contribution in [3.63, 3.8) is 0 Å². The second kappa shape index (κ2) is 18.3. The number of rotatable bonds is 10. The lowest BCUT2D eigenvalue weighted by Gasteiger charge is -2.32. The SMILES string of the molecule is c1ccc(-c2ccc(-c3ccc(N(c4ccccc4-c4ccc5c(c4)c(-c4ccccc4)c(-c4ccccc4)c4ccccc45)c4c(-c5ccccc5)cccc4-c4ccccc4)cc3)cc2)cc1. The van der Waals surface area contributed by atoms with Gasteiger partial charge >= 0.3 is 0 Å². The Balaban J connectivity index is 1.10. The molecule has 0 fully saturated rings. The Morgan fingerprint density at radius 2 is 0.565 bits per heavy atom. The summed E-state index contributed by atoms with van der Waals surface area (Å²) < 4.78 is 0. The molecular weight excluding hydrogens is 831 g/mol. The first kappa shape index (κ1) is 41.4. The topological polar surface area (TPSA) is 3.24 Å². The minimum Gasteiger partial charge on any atom is -0.309 e. The van der Waals surface area contributed by atoms with Crippen molar-refractivity contribution < 1.29 is 0 Å². The van der Waals surface area contributed by atoms with Gasteiger partial charge in [0.05, 0.1) is 11.4 Å². The highest BCUT2D eigenvalue weighted by molar-refractivity contribution is 6.22. The van der Waals surface area contributed by atoms with E-state index in [1.165, 1.54) is 60.5 Å². The second-order valence-electron chi connectivity index (χ2n) is 17.6. The first-order valence-corrected chi connectivity index (χ1v) is 23.8. The normalized spacial score (nSPS) is 11.2. The van der Waals surface area contributed by atoms with E-state index in [1.54, 1.807) is 0 Å². The lowest BCUT2D eigenvalue weighted by Crippen LogP contribution is -2.14. The van der Waals surface area contributed by atoms with Crippen LogP contribution in [0.4, 0.5) is 17.1 Å². The van der Waals surface area contributed by atoms with Crippen molar-refractivity contribution in [2.75, 3.05) is 4.90 Å². The lowest BCUT2D eigenvalue weighted by atomic mass is 9.84. The maximum atomic E-state index is 2.50. The van der Waals surface area contributed by atoms with Gasteiger partial charge in [-0.1, -0.05) is 261 Å². The fourth-order valence-corrected chi connectivity index (χ4v) is 10.2. The molecule has 12 aromatic rings. The Hall–Kier alpha value is -9.04. The lowest BCUT2D eigenvalue weighted by molar-refractivity contribution is 1.28. The zero-order valence-electron chi connectivity index (χ0n) is 38.1. The van der Waals surface area contributed by atoms with E-state index in [9.17, 15) is 0 Å². The van der Waals surface area contributed by atoms with Gasteiger partial charge in [-0.2, -0.15) is 0 Å². The Morgan fingerprint density at radius 3 is 1.10 bits per heavy atom. The van der Waals surface area contributed by atoms with E-state index >= 15 is 0 Å². The highest BCUT2D eigenvalue weighted by atomic mass is 15.1. The van der Waals surface area contributed by atoms with Crippen LogP contribution in [0.15, 0.2) is 285 Å². The quantitative estimate of drug-likeness (QED) is 0.124. The van der Waals surface area contributed by atoms with Gasteiger partial charge in [0, 0.05) is 22.4 Å². The van der Waals surface area contributed by atoms with Gasteiger partial charge in [-0.3, -0.25) is 0 Å². The van der Waals surface area contributed by atoms with E-state index in [1.807, 2.05) is 0 Å². The van der Waals surface area contributed by atoms with Gasteiger partial charge in [0.15, 0.2) is 0 Å². The first-order valence-electron chi connectivity index (χ1n) is 23.8. The highest BCUT2D eigenvalue weighted by Gasteiger charge is 2.25. The molecular formula is C68H47N. The first-order chi connectivity index (χ1) is 34.3. The van der Waals surface area contributed by atoms with E-state index in [4.69, 9.17) is 0 Å². The fourth-order valence-electron chi connectivity index (χ4n) is 10.2. The monoisotopic (exact) mass is 877 g/mol. The van der Waals surface area contributed by atoms with E-state index in [2.05, 4.69) is 290 Å². The number of hydrogen-bond donors (Lipinski definition) is 0. The van der Waals surface area contributed by atoms with Crippen LogP contribution in [-0.2, 0) is 0 Å². The van der Waals surface area contributed by atoms with Crippen molar-refractivity contribution in [2.45, 2.75) is 0 Å². The molecule has 0 aromatic heterocycles. The molecule has 0 aliphatic heterocycles. The van der Waals surface area contributed by atoms with Crippen LogP contribution in [0.1, 0.15) is 0 Å². The zero-order chi connectivity index (χ0) is 45.9. The van der Waals surface area contributed by atoms with Crippen molar-refractivity contribution in [2.24, 2.45) is 0 Å². The minimum atomic E-state index is 1.07. The molecule has 0 bridgehead atoms. The van der Waals surface area contributed by atoms with Gasteiger partial charge in [0.25, 0.3) is 0 Å². The van der Waals surface area contributed by atoms with Gasteiger partial charge in [0.2, 0.25) is 0 Å². The summed E-state index contributed by atoms with van der Waals surface area (Å²) in [6, 6.07) is 104. The third-order valence-corrected chi connectivity index (χ3v) is 13.5. The van der Waals surface area contributed by atoms with Crippen LogP contribution in [0.2, 0.25) is 0 Å². The summed E-state index contributed by atoms with van der Waals surface area (Å²) in [7, 11) is 0. The molecule has 0 amide bonds. The minimum absolute atomic E-state index is 1.07. The molecule has 0 spiro atoms. The predicted molar refractivity (Wildman–Crippen MR) is 294 cm³/mol. The second-order valence-corrected chi connectivity index (χ2v) is 17.6. The summed E-state index contributed by atoms with van der Waals surface area (Å²) in [5.41, 5.74) is 19.8. The molecule has 1 nitrogen and oxygen atoms in total. The van der Waals surface area contributed by atoms with E-state index in [0.717, 1.165) is 56.0 Å². The molecule has 12 rings (SSSR count). The van der Waals surface area contributed by atoms with Gasteiger partial charge < -0.3 is 4.90 Å². The molecule has 0 N–H and O–H groups in total. The molecule has 12 aromatic carbocycles. The summed E-state index contributed by atoms with van der Waals surface area (Å²) in [6.45, 7) is 0. The molecule has 0 radical (unpaired) electrons. The van der Waals surface area contributed by atoms with E-state index in [-0.39, 0.29) is 0 Å². The Morgan fingerprint density at radius 1 is 0.203 bits per heavy atom. The Kier molecular flexibility index (Phi) is 11.0. The average Bonchev–Trinajstić information content (AvgIpc) is 3.44. The summed E-state index contributed by atoms with van der Waals surface area (Å²) in [4.78, 5) is 2.50. The standard InChI is InChI=1S/C68H47N/c1-6-21-48(22-7-1)49-37-39-50(40-38-49)51-41-44-57(45-42-51)69(68-59(52-23-8-2-9-24-52)34-20-35-60(68)53-25-10-3-11-26-53)65-36-19-18-31-58(65)56-43-46-62-61-32-16-17-33-63(61)66(54-27-12-4-13-28-54)67(64(62)47-56)55-29-14-5-15-30-55/h1-47H. The van der Waals surface area contributed by atoms with Crippen LogP contribution in [0.25, 0.3) is 99.4 Å². The predicted octanol–water partition coefficient (Wildman–Crippen LogP) is 19.1. The molecule has 0 atom stereocenters. The van der Waals surface area contributed by atoms with Crippen LogP contribution in [-0.4, -0.2) is 0 Å². The van der Waals surface area contributed by atoms with Crippen molar-refractivity contribution in [1.29, 1.82) is 0 Å². The van der Waals surface area contributed by atoms with Crippen LogP contribution < -0.4 is 4.90 Å². The van der Waals surface area contributed by atoms with Crippen LogP contribution in [0.5, 0.6) is 0 Å². The van der Waals surface area contributed by atoms with Crippen molar-refractivity contribution in [3.05, 3.63) is 285 Å². The molecule has 0 saturated heterocycles. The summed E-state index contributed by atoms with van der Waals surface area (Å²) >= 11 is 0. The number of hydrogen-bond acceptors (Lipinski definition) is 1. The maximum absolute atomic E-state index is 2.50. The molecule has 0 heterocycles. The highest BCUT2D eigenvalue weighted by Crippen LogP contribution is 2.51. The van der Waals surface area contributed by atoms with Crippen molar-refractivity contribution >= 4 is 38.6 Å². The van der Waals surface area contributed by atoms with Gasteiger partial charge in [0.1, 0.15) is 0 Å². The third-order valence-electron chi connectivity index (χ3n) is 13.5. The molecule has 0 saturated carbocycles. The molecule has 324 valence electrons. The average molecular weight is 878 g/mol. The summed E-state index contributed by atoms with van der Waals surface area (Å²) in [6.07, 6.45) is 0. The van der Waals surface area contributed by atoms with Gasteiger partial charge in [-0.05, 0) is 107 Å². The van der Waals surface area contributed by atoms with E-state index in [0.29, 0.717) is 0 Å². The van der Waals surface area contributed by atoms with Gasteiger partial charge in [-0.25, -0.2) is 0 Å². The number of anilines is 3. The number of nitrogens with zero attached hydrogens (tertiary/aromatic N) is 1. The zero-order valence-corrected chi connectivity index (χ0v) is 38.1. The maximum Gasteiger partial charge on any atom is 0.0618 e. The fraction of sp³-hybridized carbons (Fsp3) is 0. The van der Waals surface area contributed by atoms with Gasteiger partial charge in [-0.15, -0.1) is 0 Å². The smallest absolute Gasteiger partial charge is 0.0618 e. The van der Waals surface area contributed by atoms with Crippen molar-refractivity contribution in [1.82, 2.24) is 0 Å². The third kappa shape index (κ3) is 7.86. The van der Waals surface area contributed by atoms with Crippen LogP contribution in [0, 0.1) is 0 Å². The van der Waals surface area contributed by atoms with Crippen LogP contribution in [0.3, 0.4) is 0 Å². The molecule has 0 aliphatic carbocycles. The van der Waals surface area contributed by atoms with E-state index < -0.39 is 0 Å². The number of para-hydroxylation sites is 2. The molecule has 0 aliphatic rings. The Bertz CT molecular complexity index is 3660. The number of benzene rings is 12.